The zero-order valence-corrected chi connectivity index (χ0v) is 15.1. The molecule has 2 fully saturated rings. The van der Waals surface area contributed by atoms with Crippen molar-refractivity contribution in [1.29, 1.82) is 0 Å². The van der Waals surface area contributed by atoms with E-state index in [-0.39, 0.29) is 41.9 Å². The van der Waals surface area contributed by atoms with Crippen LogP contribution in [0.25, 0.3) is 0 Å². The third-order valence-electron chi connectivity index (χ3n) is 5.28. The first-order valence-electron chi connectivity index (χ1n) is 8.98. The molecule has 2 saturated heterocycles. The van der Waals surface area contributed by atoms with Crippen LogP contribution < -0.4 is 0 Å². The van der Waals surface area contributed by atoms with E-state index in [9.17, 15) is 14.4 Å². The number of piperidine rings is 1. The lowest BCUT2D eigenvalue weighted by atomic mass is 9.92. The Morgan fingerprint density at radius 3 is 2.60 bits per heavy atom. The minimum atomic E-state index is -0.281. The van der Waals surface area contributed by atoms with Crippen LogP contribution in [-0.4, -0.2) is 62.6 Å². The summed E-state index contributed by atoms with van der Waals surface area (Å²) in [7, 11) is 1.80. The number of amides is 2. The highest BCUT2D eigenvalue weighted by Gasteiger charge is 2.39. The van der Waals surface area contributed by atoms with Crippen LogP contribution in [0, 0.1) is 11.8 Å². The minimum Gasteiger partial charge on any atom is -0.342 e. The Hall–Kier alpha value is -2.18. The molecule has 0 N–H and O–H groups in total. The molecule has 0 spiro atoms. The van der Waals surface area contributed by atoms with Gasteiger partial charge in [-0.3, -0.25) is 14.4 Å². The van der Waals surface area contributed by atoms with E-state index in [1.54, 1.807) is 33.8 Å². The van der Waals surface area contributed by atoms with Crippen LogP contribution in [0.15, 0.2) is 12.4 Å². The summed E-state index contributed by atoms with van der Waals surface area (Å²) in [5.41, 5.74) is 0. The van der Waals surface area contributed by atoms with Crippen molar-refractivity contribution in [2.75, 3.05) is 19.6 Å². The molecule has 0 bridgehead atoms. The predicted octanol–water partition coefficient (Wildman–Crippen LogP) is 1.10. The standard InChI is InChI=1S/C18H26N4O3/c1-12(2)22-11-14(9-15(22)23)18(25)21-7-4-5-13(10-21)16(24)17-19-6-8-20(17)3/h6,8,12-14H,4-5,7,9-11H2,1-3H3/t13-,14+/m0/s1. The molecule has 0 aromatic carbocycles. The van der Waals surface area contributed by atoms with Crippen LogP contribution in [0.2, 0.25) is 0 Å². The van der Waals surface area contributed by atoms with E-state index < -0.39 is 0 Å². The van der Waals surface area contributed by atoms with Crippen molar-refractivity contribution >= 4 is 17.6 Å². The molecule has 0 unspecified atom stereocenters. The number of nitrogens with zero attached hydrogens (tertiary/aromatic N) is 4. The van der Waals surface area contributed by atoms with Gasteiger partial charge < -0.3 is 14.4 Å². The van der Waals surface area contributed by atoms with Crippen LogP contribution in [0.4, 0.5) is 0 Å². The molecule has 1 aromatic rings. The first-order chi connectivity index (χ1) is 11.9. The summed E-state index contributed by atoms with van der Waals surface area (Å²) in [5.74, 6) is 0.00601. The molecule has 2 aliphatic heterocycles. The number of aryl methyl sites for hydroxylation is 1. The second kappa shape index (κ2) is 6.98. The maximum Gasteiger partial charge on any atom is 0.228 e. The third-order valence-corrected chi connectivity index (χ3v) is 5.28. The zero-order chi connectivity index (χ0) is 18.1. The minimum absolute atomic E-state index is 0.00342. The maximum absolute atomic E-state index is 12.9. The van der Waals surface area contributed by atoms with Gasteiger partial charge >= 0.3 is 0 Å². The zero-order valence-electron chi connectivity index (χ0n) is 15.1. The number of hydrogen-bond donors (Lipinski definition) is 0. The number of rotatable bonds is 4. The number of carbonyl (C=O) groups is 3. The molecule has 7 nitrogen and oxygen atoms in total. The van der Waals surface area contributed by atoms with Crippen molar-refractivity contribution in [3.63, 3.8) is 0 Å². The quantitative estimate of drug-likeness (QED) is 0.765. The highest BCUT2D eigenvalue weighted by atomic mass is 16.2. The van der Waals surface area contributed by atoms with E-state index in [1.165, 1.54) is 0 Å². The molecule has 1 aromatic heterocycles. The number of hydrogen-bond acceptors (Lipinski definition) is 4. The maximum atomic E-state index is 12.9. The van der Waals surface area contributed by atoms with Gasteiger partial charge in [-0.25, -0.2) is 4.98 Å². The van der Waals surface area contributed by atoms with E-state index in [2.05, 4.69) is 4.98 Å². The fraction of sp³-hybridized carbons (Fsp3) is 0.667. The summed E-state index contributed by atoms with van der Waals surface area (Å²) < 4.78 is 1.72. The molecular formula is C18H26N4O3. The number of likely N-dealkylation sites (tertiary alicyclic amines) is 2. The molecule has 2 amide bonds. The largest absolute Gasteiger partial charge is 0.342 e. The van der Waals surface area contributed by atoms with Gasteiger partial charge in [0.1, 0.15) is 0 Å². The SMILES string of the molecule is CC(C)N1C[C@H](C(=O)N2CCC[C@H](C(=O)c3nccn3C)C2)CC1=O. The Labute approximate surface area is 148 Å². The Balaban J connectivity index is 1.65. The van der Waals surface area contributed by atoms with Crippen LogP contribution in [0.1, 0.15) is 43.7 Å². The molecule has 0 aliphatic carbocycles. The number of aromatic nitrogens is 2. The van der Waals surface area contributed by atoms with E-state index in [0.29, 0.717) is 25.5 Å². The molecule has 3 rings (SSSR count). The molecular weight excluding hydrogens is 320 g/mol. The number of ketones is 1. The Morgan fingerprint density at radius 2 is 2.00 bits per heavy atom. The van der Waals surface area contributed by atoms with Crippen molar-refractivity contribution in [2.45, 2.75) is 39.2 Å². The van der Waals surface area contributed by atoms with E-state index in [4.69, 9.17) is 0 Å². The van der Waals surface area contributed by atoms with Crippen LogP contribution >= 0.6 is 0 Å². The van der Waals surface area contributed by atoms with E-state index in [0.717, 1.165) is 12.8 Å². The second-order valence-electron chi connectivity index (χ2n) is 7.39. The summed E-state index contributed by atoms with van der Waals surface area (Å²) >= 11 is 0. The summed E-state index contributed by atoms with van der Waals surface area (Å²) in [5, 5.41) is 0. The van der Waals surface area contributed by atoms with Gasteiger partial charge in [0.25, 0.3) is 0 Å². The van der Waals surface area contributed by atoms with Crippen molar-refractivity contribution in [1.82, 2.24) is 19.4 Å². The van der Waals surface area contributed by atoms with Gasteiger partial charge in [0.15, 0.2) is 5.82 Å². The molecule has 136 valence electrons. The molecule has 0 radical (unpaired) electrons. The fourth-order valence-corrected chi connectivity index (χ4v) is 3.83. The Kier molecular flexibility index (Phi) is 4.92. The number of Topliss-reactive ketones (excluding diaryl/α,β-unsaturated/α-hetero) is 1. The van der Waals surface area contributed by atoms with Gasteiger partial charge in [0.2, 0.25) is 17.6 Å². The summed E-state index contributed by atoms with van der Waals surface area (Å²) in [6.45, 7) is 5.51. The highest BCUT2D eigenvalue weighted by molar-refractivity contribution is 5.95. The molecule has 2 atom stereocenters. The number of imidazole rings is 1. The summed E-state index contributed by atoms with van der Waals surface area (Å²) in [6, 6.07) is 0.115. The van der Waals surface area contributed by atoms with Crippen molar-refractivity contribution in [3.8, 4) is 0 Å². The van der Waals surface area contributed by atoms with E-state index >= 15 is 0 Å². The van der Waals surface area contributed by atoms with Crippen molar-refractivity contribution in [2.24, 2.45) is 18.9 Å². The smallest absolute Gasteiger partial charge is 0.228 e. The molecule has 7 heteroatoms. The lowest BCUT2D eigenvalue weighted by molar-refractivity contribution is -0.137. The molecule has 25 heavy (non-hydrogen) atoms. The average molecular weight is 346 g/mol. The van der Waals surface area contributed by atoms with Gasteiger partial charge in [-0.2, -0.15) is 0 Å². The first-order valence-corrected chi connectivity index (χ1v) is 8.98. The lowest BCUT2D eigenvalue weighted by Gasteiger charge is -2.33. The average Bonchev–Trinajstić information content (AvgIpc) is 3.19. The van der Waals surface area contributed by atoms with Gasteiger partial charge in [0, 0.05) is 57.5 Å². The Bertz CT molecular complexity index is 682. The van der Waals surface area contributed by atoms with Gasteiger partial charge in [-0.05, 0) is 26.7 Å². The molecule has 2 aliphatic rings. The van der Waals surface area contributed by atoms with E-state index in [1.807, 2.05) is 13.8 Å². The summed E-state index contributed by atoms with van der Waals surface area (Å²) in [4.78, 5) is 45.3. The van der Waals surface area contributed by atoms with Crippen molar-refractivity contribution < 1.29 is 14.4 Å². The normalized spacial score (nSPS) is 24.2. The van der Waals surface area contributed by atoms with Crippen LogP contribution in [0.3, 0.4) is 0 Å². The van der Waals surface area contributed by atoms with Crippen LogP contribution in [0.5, 0.6) is 0 Å². The third kappa shape index (κ3) is 3.45. The Morgan fingerprint density at radius 1 is 1.24 bits per heavy atom. The second-order valence-corrected chi connectivity index (χ2v) is 7.39. The summed E-state index contributed by atoms with van der Waals surface area (Å²) in [6.07, 6.45) is 5.23. The topological polar surface area (TPSA) is 75.5 Å². The van der Waals surface area contributed by atoms with Gasteiger partial charge in [0.05, 0.1) is 5.92 Å². The lowest BCUT2D eigenvalue weighted by Crippen LogP contribution is -2.45. The first kappa shape index (κ1) is 17.6. The molecule has 0 saturated carbocycles. The van der Waals surface area contributed by atoms with Crippen LogP contribution in [-0.2, 0) is 16.6 Å². The monoisotopic (exact) mass is 346 g/mol. The number of carbonyl (C=O) groups excluding carboxylic acids is 3. The fourth-order valence-electron chi connectivity index (χ4n) is 3.83. The predicted molar refractivity (Wildman–Crippen MR) is 91.8 cm³/mol. The molecule has 3 heterocycles. The van der Waals surface area contributed by atoms with Gasteiger partial charge in [-0.15, -0.1) is 0 Å². The van der Waals surface area contributed by atoms with Gasteiger partial charge in [-0.1, -0.05) is 0 Å². The van der Waals surface area contributed by atoms with Crippen molar-refractivity contribution in [3.05, 3.63) is 18.2 Å². The highest BCUT2D eigenvalue weighted by Crippen LogP contribution is 2.26.